The van der Waals surface area contributed by atoms with Crippen LogP contribution in [0.1, 0.15) is 17.5 Å². The molecule has 1 aromatic rings. The molecule has 0 aliphatic heterocycles. The first-order chi connectivity index (χ1) is 9.67. The molecular formula is C12H12N2O6S. The number of hydrogen-bond acceptors (Lipinski definition) is 5. The molecule has 0 saturated heterocycles. The molecule has 8 nitrogen and oxygen atoms in total. The summed E-state index contributed by atoms with van der Waals surface area (Å²) >= 11 is 0. The molecule has 3 N–H and O–H groups in total. The number of benzene rings is 1. The number of nitrogens with one attached hydrogen (secondary N) is 1. The van der Waals surface area contributed by atoms with E-state index in [4.69, 9.17) is 15.5 Å². The summed E-state index contributed by atoms with van der Waals surface area (Å²) < 4.78 is 26.1. The lowest BCUT2D eigenvalue weighted by Crippen LogP contribution is -2.42. The highest BCUT2D eigenvalue weighted by molar-refractivity contribution is 7.89. The number of aryl methyl sites for hydroxylation is 1. The van der Waals surface area contributed by atoms with Gasteiger partial charge in [0, 0.05) is 0 Å². The fourth-order valence-electron chi connectivity index (χ4n) is 1.56. The van der Waals surface area contributed by atoms with E-state index in [2.05, 4.69) is 0 Å². The van der Waals surface area contributed by atoms with Crippen LogP contribution >= 0.6 is 0 Å². The maximum atomic E-state index is 12.1. The molecule has 0 heterocycles. The van der Waals surface area contributed by atoms with E-state index in [0.29, 0.717) is 5.56 Å². The van der Waals surface area contributed by atoms with Crippen LogP contribution < -0.4 is 4.72 Å². The minimum absolute atomic E-state index is 0.0890. The topological polar surface area (TPSA) is 145 Å². The van der Waals surface area contributed by atoms with E-state index in [1.54, 1.807) is 6.07 Å². The lowest BCUT2D eigenvalue weighted by atomic mass is 10.2. The van der Waals surface area contributed by atoms with Gasteiger partial charge in [0.25, 0.3) is 0 Å². The molecule has 0 amide bonds. The molecule has 0 aliphatic carbocycles. The Morgan fingerprint density at radius 3 is 2.48 bits per heavy atom. The summed E-state index contributed by atoms with van der Waals surface area (Å²) in [5.74, 6) is -3.05. The largest absolute Gasteiger partial charge is 0.481 e. The van der Waals surface area contributed by atoms with Crippen LogP contribution in [0.25, 0.3) is 0 Å². The standard InChI is InChI=1S/C12H12N2O6S/c1-7-2-3-8(6-13)4-10(7)21(19,20)14-9(12(17)18)5-11(15)16/h2-4,9,14H,5H2,1H3,(H,15,16)(H,17,18). The highest BCUT2D eigenvalue weighted by Gasteiger charge is 2.28. The average molecular weight is 312 g/mol. The molecule has 1 aromatic carbocycles. The Kier molecular flexibility index (Phi) is 5.02. The molecule has 0 spiro atoms. The zero-order valence-electron chi connectivity index (χ0n) is 10.9. The van der Waals surface area contributed by atoms with Crippen molar-refractivity contribution in [1.29, 1.82) is 5.26 Å². The number of nitrogens with zero attached hydrogens (tertiary/aromatic N) is 1. The van der Waals surface area contributed by atoms with Gasteiger partial charge in [-0.25, -0.2) is 8.42 Å². The van der Waals surface area contributed by atoms with Crippen molar-refractivity contribution in [2.24, 2.45) is 0 Å². The first kappa shape index (κ1) is 16.6. The summed E-state index contributed by atoms with van der Waals surface area (Å²) in [6.45, 7) is 1.47. The molecular weight excluding hydrogens is 300 g/mol. The molecule has 0 bridgehead atoms. The monoisotopic (exact) mass is 312 g/mol. The van der Waals surface area contributed by atoms with Crippen LogP contribution in [-0.2, 0) is 19.6 Å². The van der Waals surface area contributed by atoms with E-state index in [-0.39, 0.29) is 10.5 Å². The zero-order valence-corrected chi connectivity index (χ0v) is 11.7. The Hall–Kier alpha value is -2.44. The van der Waals surface area contributed by atoms with Crippen molar-refractivity contribution in [3.63, 3.8) is 0 Å². The number of carboxylic acids is 2. The van der Waals surface area contributed by atoms with Crippen LogP contribution in [0.4, 0.5) is 0 Å². The van der Waals surface area contributed by atoms with Crippen molar-refractivity contribution in [3.05, 3.63) is 29.3 Å². The van der Waals surface area contributed by atoms with Gasteiger partial charge in [0.05, 0.1) is 22.9 Å². The maximum absolute atomic E-state index is 12.1. The maximum Gasteiger partial charge on any atom is 0.322 e. The normalized spacial score (nSPS) is 12.4. The summed E-state index contributed by atoms with van der Waals surface area (Å²) in [4.78, 5) is 21.2. The minimum Gasteiger partial charge on any atom is -0.481 e. The Balaban J connectivity index is 3.19. The number of nitriles is 1. The third-order valence-corrected chi connectivity index (χ3v) is 4.19. The Labute approximate surface area is 120 Å². The predicted molar refractivity (Wildman–Crippen MR) is 69.9 cm³/mol. The number of aliphatic carboxylic acids is 2. The number of carboxylic acid groups (broad SMARTS) is 2. The van der Waals surface area contributed by atoms with E-state index in [0.717, 1.165) is 6.07 Å². The van der Waals surface area contributed by atoms with Crippen molar-refractivity contribution in [1.82, 2.24) is 4.72 Å². The number of hydrogen-bond donors (Lipinski definition) is 3. The van der Waals surface area contributed by atoms with E-state index in [1.807, 2.05) is 4.72 Å². The first-order valence-corrected chi connectivity index (χ1v) is 7.13. The predicted octanol–water partition coefficient (Wildman–Crippen LogP) is 0.0729. The quantitative estimate of drug-likeness (QED) is 0.674. The zero-order chi connectivity index (χ0) is 16.2. The Bertz CT molecular complexity index is 720. The van der Waals surface area contributed by atoms with Crippen molar-refractivity contribution < 1.29 is 28.2 Å². The van der Waals surface area contributed by atoms with Crippen molar-refractivity contribution >= 4 is 22.0 Å². The summed E-state index contributed by atoms with van der Waals surface area (Å²) in [7, 11) is -4.26. The molecule has 1 atom stereocenters. The molecule has 21 heavy (non-hydrogen) atoms. The van der Waals surface area contributed by atoms with Gasteiger partial charge in [0.1, 0.15) is 6.04 Å². The molecule has 1 rings (SSSR count). The Morgan fingerprint density at radius 2 is 2.00 bits per heavy atom. The van der Waals surface area contributed by atoms with Gasteiger partial charge in [0.15, 0.2) is 0 Å². The van der Waals surface area contributed by atoms with Crippen LogP contribution in [0.5, 0.6) is 0 Å². The van der Waals surface area contributed by atoms with E-state index >= 15 is 0 Å². The highest BCUT2D eigenvalue weighted by Crippen LogP contribution is 2.17. The minimum atomic E-state index is -4.26. The molecule has 1 unspecified atom stereocenters. The molecule has 112 valence electrons. The van der Waals surface area contributed by atoms with Gasteiger partial charge in [-0.05, 0) is 24.6 Å². The second-order valence-corrected chi connectivity index (χ2v) is 5.88. The van der Waals surface area contributed by atoms with Gasteiger partial charge in [-0.1, -0.05) is 6.07 Å². The summed E-state index contributed by atoms with van der Waals surface area (Å²) in [6.07, 6.45) is -0.897. The van der Waals surface area contributed by atoms with Crippen LogP contribution in [0.15, 0.2) is 23.1 Å². The molecule has 0 fully saturated rings. The Morgan fingerprint density at radius 1 is 1.38 bits per heavy atom. The van der Waals surface area contributed by atoms with Gasteiger partial charge >= 0.3 is 11.9 Å². The van der Waals surface area contributed by atoms with Crippen LogP contribution in [-0.4, -0.2) is 36.6 Å². The van der Waals surface area contributed by atoms with Gasteiger partial charge < -0.3 is 10.2 Å². The van der Waals surface area contributed by atoms with Gasteiger partial charge in [0.2, 0.25) is 10.0 Å². The number of carbonyl (C=O) groups is 2. The molecule has 9 heteroatoms. The fourth-order valence-corrected chi connectivity index (χ4v) is 3.02. The third-order valence-electron chi connectivity index (χ3n) is 2.58. The van der Waals surface area contributed by atoms with Gasteiger partial charge in [-0.15, -0.1) is 0 Å². The van der Waals surface area contributed by atoms with Crippen LogP contribution in [0.3, 0.4) is 0 Å². The third kappa shape index (κ3) is 4.27. The van der Waals surface area contributed by atoms with Gasteiger partial charge in [-0.3, -0.25) is 9.59 Å². The smallest absolute Gasteiger partial charge is 0.322 e. The number of sulfonamides is 1. The second kappa shape index (κ2) is 6.34. The SMILES string of the molecule is Cc1ccc(C#N)cc1S(=O)(=O)NC(CC(=O)O)C(=O)O. The lowest BCUT2D eigenvalue weighted by Gasteiger charge is -2.14. The van der Waals surface area contributed by atoms with Gasteiger partial charge in [-0.2, -0.15) is 9.98 Å². The van der Waals surface area contributed by atoms with Crippen molar-refractivity contribution in [3.8, 4) is 6.07 Å². The van der Waals surface area contributed by atoms with Crippen molar-refractivity contribution in [2.45, 2.75) is 24.3 Å². The van der Waals surface area contributed by atoms with Crippen LogP contribution in [0, 0.1) is 18.3 Å². The van der Waals surface area contributed by atoms with E-state index in [1.165, 1.54) is 19.1 Å². The molecule has 0 aliphatic rings. The first-order valence-electron chi connectivity index (χ1n) is 5.65. The summed E-state index contributed by atoms with van der Waals surface area (Å²) in [5.41, 5.74) is 0.395. The van der Waals surface area contributed by atoms with E-state index in [9.17, 15) is 18.0 Å². The summed E-state index contributed by atoms with van der Waals surface area (Å²) in [6, 6.07) is 3.89. The van der Waals surface area contributed by atoms with Crippen molar-refractivity contribution in [2.75, 3.05) is 0 Å². The highest BCUT2D eigenvalue weighted by atomic mass is 32.2. The molecule has 0 radical (unpaired) electrons. The summed E-state index contributed by atoms with van der Waals surface area (Å²) in [5, 5.41) is 26.2. The van der Waals surface area contributed by atoms with E-state index < -0.39 is 34.4 Å². The van der Waals surface area contributed by atoms with Crippen LogP contribution in [0.2, 0.25) is 0 Å². The lowest BCUT2D eigenvalue weighted by molar-refractivity contribution is -0.145. The molecule has 0 aromatic heterocycles. The number of rotatable bonds is 6. The average Bonchev–Trinajstić information content (AvgIpc) is 2.37. The second-order valence-electron chi connectivity index (χ2n) is 4.20. The molecule has 0 saturated carbocycles. The fraction of sp³-hybridized carbons (Fsp3) is 0.250.